The number of nitrogen functional groups attached to an aromatic ring is 1. The lowest BCUT2D eigenvalue weighted by atomic mass is 10.1. The average Bonchev–Trinajstić information content (AvgIpc) is 2.91. The summed E-state index contributed by atoms with van der Waals surface area (Å²) in [6, 6.07) is 26.7. The Bertz CT molecular complexity index is 1410. The van der Waals surface area contributed by atoms with Gasteiger partial charge in [0, 0.05) is 37.9 Å². The third-order valence-electron chi connectivity index (χ3n) is 5.88. The van der Waals surface area contributed by atoms with Gasteiger partial charge in [0.25, 0.3) is 5.56 Å². The van der Waals surface area contributed by atoms with E-state index in [1.165, 1.54) is 14.7 Å². The summed E-state index contributed by atoms with van der Waals surface area (Å²) in [4.78, 5) is 26.5. The normalized spacial score (nSPS) is 10.8. The van der Waals surface area contributed by atoms with Gasteiger partial charge in [-0.15, -0.1) is 0 Å². The number of hydrogen-bond donors (Lipinski definition) is 4. The van der Waals surface area contributed by atoms with Crippen molar-refractivity contribution in [1.29, 1.82) is 5.41 Å². The Morgan fingerprint density at radius 1 is 0.833 bits per heavy atom. The minimum Gasteiger partial charge on any atom is -0.384 e. The highest BCUT2D eigenvalue weighted by Crippen LogP contribution is 2.08. The molecule has 0 aliphatic carbocycles. The van der Waals surface area contributed by atoms with E-state index in [-0.39, 0.29) is 23.6 Å². The average molecular weight is 483 g/mol. The fraction of sp³-hybridized carbons (Fsp3) is 0.179. The summed E-state index contributed by atoms with van der Waals surface area (Å²) >= 11 is 0. The molecule has 184 valence electrons. The first-order valence-corrected chi connectivity index (χ1v) is 11.9. The summed E-state index contributed by atoms with van der Waals surface area (Å²) in [5.41, 5.74) is 8.72. The van der Waals surface area contributed by atoms with Crippen LogP contribution in [0, 0.1) is 5.41 Å². The number of para-hydroxylation sites is 1. The van der Waals surface area contributed by atoms with Crippen molar-refractivity contribution in [3.05, 3.63) is 129 Å². The van der Waals surface area contributed by atoms with Crippen molar-refractivity contribution in [2.24, 2.45) is 5.73 Å². The lowest BCUT2D eigenvalue weighted by Gasteiger charge is -2.15. The molecule has 8 heteroatoms. The lowest BCUT2D eigenvalue weighted by Crippen LogP contribution is -2.42. The second-order valence-corrected chi connectivity index (χ2v) is 8.44. The number of hydrogen-bond acceptors (Lipinski definition) is 5. The molecule has 0 aliphatic heterocycles. The first-order chi connectivity index (χ1) is 17.5. The third kappa shape index (κ3) is 6.17. The fourth-order valence-electron chi connectivity index (χ4n) is 3.91. The van der Waals surface area contributed by atoms with E-state index in [1.54, 1.807) is 18.3 Å². The predicted octanol–water partition coefficient (Wildman–Crippen LogP) is 2.73. The topological polar surface area (TPSA) is 118 Å². The quantitative estimate of drug-likeness (QED) is 0.149. The van der Waals surface area contributed by atoms with Crippen LogP contribution in [0.5, 0.6) is 0 Å². The summed E-state index contributed by atoms with van der Waals surface area (Å²) in [7, 11) is 0. The molecule has 1 aromatic heterocycles. The van der Waals surface area contributed by atoms with Crippen LogP contribution in [0.1, 0.15) is 16.7 Å². The van der Waals surface area contributed by atoms with E-state index < -0.39 is 0 Å². The zero-order valence-corrected chi connectivity index (χ0v) is 20.0. The molecule has 0 aliphatic rings. The van der Waals surface area contributed by atoms with Crippen molar-refractivity contribution in [3.8, 4) is 5.69 Å². The second-order valence-electron chi connectivity index (χ2n) is 8.44. The van der Waals surface area contributed by atoms with Gasteiger partial charge < -0.3 is 16.4 Å². The van der Waals surface area contributed by atoms with Gasteiger partial charge in [-0.1, -0.05) is 72.8 Å². The zero-order valence-electron chi connectivity index (χ0n) is 20.0. The maximum Gasteiger partial charge on any atom is 0.335 e. The van der Waals surface area contributed by atoms with Crippen LogP contribution in [-0.2, 0) is 19.5 Å². The second kappa shape index (κ2) is 11.8. The van der Waals surface area contributed by atoms with Crippen LogP contribution < -0.4 is 27.6 Å². The van der Waals surface area contributed by atoms with Crippen molar-refractivity contribution in [3.63, 3.8) is 0 Å². The summed E-state index contributed by atoms with van der Waals surface area (Å²) < 4.78 is 2.77. The van der Waals surface area contributed by atoms with Gasteiger partial charge in [-0.25, -0.2) is 4.79 Å². The molecular weight excluding hydrogens is 452 g/mol. The third-order valence-corrected chi connectivity index (χ3v) is 5.88. The molecule has 3 aromatic carbocycles. The van der Waals surface area contributed by atoms with Gasteiger partial charge in [0.15, 0.2) is 0 Å². The molecule has 0 fully saturated rings. The van der Waals surface area contributed by atoms with Crippen LogP contribution in [-0.4, -0.2) is 28.1 Å². The molecule has 0 unspecified atom stereocenters. The van der Waals surface area contributed by atoms with Crippen molar-refractivity contribution < 1.29 is 0 Å². The van der Waals surface area contributed by atoms with E-state index in [2.05, 4.69) is 10.6 Å². The van der Waals surface area contributed by atoms with E-state index in [4.69, 9.17) is 11.1 Å². The Hall–Kier alpha value is -4.43. The van der Waals surface area contributed by atoms with Crippen LogP contribution in [0.2, 0.25) is 0 Å². The minimum atomic E-state index is -0.382. The van der Waals surface area contributed by atoms with Crippen molar-refractivity contribution in [2.45, 2.75) is 19.5 Å². The van der Waals surface area contributed by atoms with Gasteiger partial charge in [-0.2, -0.15) is 0 Å². The molecule has 4 aromatic rings. The smallest absolute Gasteiger partial charge is 0.335 e. The summed E-state index contributed by atoms with van der Waals surface area (Å²) in [6.45, 7) is 1.80. The number of benzene rings is 3. The lowest BCUT2D eigenvalue weighted by molar-refractivity contribution is 0.555. The van der Waals surface area contributed by atoms with Crippen LogP contribution in [0.25, 0.3) is 5.69 Å². The first-order valence-electron chi connectivity index (χ1n) is 11.9. The number of anilines is 1. The zero-order chi connectivity index (χ0) is 25.3. The van der Waals surface area contributed by atoms with Gasteiger partial charge in [0.1, 0.15) is 11.5 Å². The number of aromatic nitrogens is 2. The molecular formula is C28H30N6O2. The Morgan fingerprint density at radius 3 is 2.17 bits per heavy atom. The predicted molar refractivity (Wildman–Crippen MR) is 144 cm³/mol. The highest BCUT2D eigenvalue weighted by molar-refractivity contribution is 5.94. The number of nitrogens with one attached hydrogen (secondary N) is 3. The molecule has 4 rings (SSSR count). The fourth-order valence-corrected chi connectivity index (χ4v) is 3.91. The molecule has 0 amide bonds. The van der Waals surface area contributed by atoms with Gasteiger partial charge in [-0.05, 0) is 29.7 Å². The van der Waals surface area contributed by atoms with Gasteiger partial charge in [0.2, 0.25) is 0 Å². The summed E-state index contributed by atoms with van der Waals surface area (Å²) in [5, 5.41) is 14.0. The largest absolute Gasteiger partial charge is 0.384 e. The summed E-state index contributed by atoms with van der Waals surface area (Å²) in [6.07, 6.45) is 2.35. The van der Waals surface area contributed by atoms with Crippen LogP contribution in [0.15, 0.2) is 101 Å². The maximum atomic E-state index is 13.2. The molecule has 36 heavy (non-hydrogen) atoms. The molecule has 5 N–H and O–H groups in total. The number of amidine groups is 1. The van der Waals surface area contributed by atoms with Crippen molar-refractivity contribution in [1.82, 2.24) is 14.5 Å². The molecule has 0 atom stereocenters. The van der Waals surface area contributed by atoms with Crippen LogP contribution >= 0.6 is 0 Å². The van der Waals surface area contributed by atoms with E-state index in [0.717, 1.165) is 12.0 Å². The van der Waals surface area contributed by atoms with E-state index in [1.807, 2.05) is 72.8 Å². The van der Waals surface area contributed by atoms with E-state index >= 15 is 0 Å². The van der Waals surface area contributed by atoms with Crippen LogP contribution in [0.4, 0.5) is 5.69 Å². The number of nitrogens with two attached hydrogens (primary N) is 1. The van der Waals surface area contributed by atoms with Crippen molar-refractivity contribution >= 4 is 11.5 Å². The van der Waals surface area contributed by atoms with E-state index in [9.17, 15) is 9.59 Å². The monoisotopic (exact) mass is 482 g/mol. The Kier molecular flexibility index (Phi) is 8.10. The van der Waals surface area contributed by atoms with Crippen LogP contribution in [0.3, 0.4) is 0 Å². The van der Waals surface area contributed by atoms with Gasteiger partial charge in [-0.3, -0.25) is 19.3 Å². The number of nitrogens with zero attached hydrogens (tertiary/aromatic N) is 2. The van der Waals surface area contributed by atoms with E-state index in [0.29, 0.717) is 36.6 Å². The standard InChI is InChI=1S/C28H30N6O2/c29-26(30)23-13-11-22(12-14-23)19-31-17-18-33-27(35)25(32-16-15-21-7-3-1-4-8-21)20-34(28(33)36)24-9-5-2-6-10-24/h1-14,20,31-32H,15-19H2,(H3,29,30). The summed E-state index contributed by atoms with van der Waals surface area (Å²) in [5.74, 6) is 0.0286. The molecule has 0 saturated carbocycles. The SMILES string of the molecule is N=C(N)c1ccc(CNCCn2c(=O)c(NCCc3ccccc3)cn(-c3ccccc3)c2=O)cc1. The minimum absolute atomic E-state index is 0.0286. The van der Waals surface area contributed by atoms with Gasteiger partial charge >= 0.3 is 5.69 Å². The molecule has 0 saturated heterocycles. The Morgan fingerprint density at radius 2 is 1.50 bits per heavy atom. The van der Waals surface area contributed by atoms with Gasteiger partial charge in [0.05, 0.1) is 5.69 Å². The molecule has 0 bridgehead atoms. The molecule has 8 nitrogen and oxygen atoms in total. The molecule has 0 spiro atoms. The molecule has 1 heterocycles. The maximum absolute atomic E-state index is 13.2. The molecule has 0 radical (unpaired) electrons. The Balaban J connectivity index is 1.49. The first kappa shape index (κ1) is 24.7. The van der Waals surface area contributed by atoms with Crippen molar-refractivity contribution in [2.75, 3.05) is 18.4 Å². The highest BCUT2D eigenvalue weighted by atomic mass is 16.2. The Labute approximate surface area is 209 Å². The highest BCUT2D eigenvalue weighted by Gasteiger charge is 2.12. The number of rotatable bonds is 11.